The second-order valence-electron chi connectivity index (χ2n) is 33.7. The Morgan fingerprint density at radius 3 is 1.22 bits per heavy atom. The van der Waals surface area contributed by atoms with Crippen molar-refractivity contribution in [2.45, 2.75) is 212 Å². The highest BCUT2D eigenvalue weighted by molar-refractivity contribution is 6.31. The number of carbonyl (C=O) groups is 13. The molecular weight excluding hydrogens is 1630 g/mol. The van der Waals surface area contributed by atoms with Crippen molar-refractivity contribution in [2.24, 2.45) is 47.0 Å². The first-order valence-corrected chi connectivity index (χ1v) is 43.9. The maximum Gasteiger partial charge on any atom is 0.243 e. The summed E-state index contributed by atoms with van der Waals surface area (Å²) in [6.45, 7) is 11.5. The van der Waals surface area contributed by atoms with Crippen LogP contribution in [0.15, 0.2) is 191 Å². The molecule has 0 fully saturated rings. The number of aliphatic hydroxyl groups is 4. The van der Waals surface area contributed by atoms with Gasteiger partial charge >= 0.3 is 0 Å². The minimum atomic E-state index is -1.21. The highest BCUT2D eigenvalue weighted by atomic mass is 35.5. The zero-order valence-corrected chi connectivity index (χ0v) is 74.1. The van der Waals surface area contributed by atoms with Crippen LogP contribution in [0, 0.1) is 35.5 Å². The van der Waals surface area contributed by atoms with Crippen LogP contribution < -0.4 is 38.1 Å². The van der Waals surface area contributed by atoms with Crippen LogP contribution in [0.5, 0.6) is 0 Å². The number of rotatable bonds is 31. The van der Waals surface area contributed by atoms with E-state index in [1.54, 1.807) is 120 Å². The van der Waals surface area contributed by atoms with Gasteiger partial charge in [-0.1, -0.05) is 166 Å². The summed E-state index contributed by atoms with van der Waals surface area (Å²) in [6.07, 6.45) is 13.9. The molecule has 6 amide bonds. The van der Waals surface area contributed by atoms with Gasteiger partial charge in [0, 0.05) is 127 Å². The molecule has 0 radical (unpaired) electrons. The van der Waals surface area contributed by atoms with E-state index in [4.69, 9.17) is 34.7 Å². The van der Waals surface area contributed by atoms with Gasteiger partial charge in [0.15, 0.2) is 34.7 Å². The van der Waals surface area contributed by atoms with Gasteiger partial charge < -0.3 is 68.3 Å². The van der Waals surface area contributed by atoms with E-state index in [1.807, 2.05) is 48.5 Å². The fraction of sp³-hybridized carbons (Fsp3) is 0.454. The summed E-state index contributed by atoms with van der Waals surface area (Å²) in [6, 6.07) is 22.0. The molecule has 15 atom stereocenters. The summed E-state index contributed by atoms with van der Waals surface area (Å²) in [7, 11) is 3.04. The maximum absolute atomic E-state index is 14.7. The summed E-state index contributed by atoms with van der Waals surface area (Å²) in [5.41, 5.74) is 18.9. The first kappa shape index (κ1) is 98.1. The molecule has 13 N–H and O–H groups in total. The number of Topliss-reactive ketones (excluding diaryl/α,β-unsaturated/α-hetero) is 7. The molecule has 4 aromatic carbocycles. The van der Waals surface area contributed by atoms with Crippen LogP contribution in [0.25, 0.3) is 22.3 Å². The lowest BCUT2D eigenvalue weighted by molar-refractivity contribution is -0.143. The molecule has 6 aliphatic rings. The topological polar surface area (TPSA) is 422 Å². The van der Waals surface area contributed by atoms with Crippen LogP contribution in [-0.4, -0.2) is 194 Å². The molecule has 0 aromatic heterocycles. The molecule has 4 aromatic rings. The van der Waals surface area contributed by atoms with E-state index >= 15 is 0 Å². The van der Waals surface area contributed by atoms with Gasteiger partial charge in [-0.2, -0.15) is 0 Å². The third-order valence-corrected chi connectivity index (χ3v) is 24.9. The Bertz CT molecular complexity index is 4930. The molecule has 4 aliphatic carbocycles. The van der Waals surface area contributed by atoms with Gasteiger partial charge in [-0.15, -0.1) is 0 Å². The van der Waals surface area contributed by atoms with Crippen molar-refractivity contribution in [1.82, 2.24) is 36.4 Å². The fourth-order valence-corrected chi connectivity index (χ4v) is 16.9. The second-order valence-corrected chi connectivity index (χ2v) is 34.6. The molecule has 2 aliphatic heterocycles. The number of aliphatic hydroxyl groups excluding tert-OH is 4. The van der Waals surface area contributed by atoms with E-state index in [0.717, 1.165) is 22.3 Å². The third kappa shape index (κ3) is 26.5. The van der Waals surface area contributed by atoms with E-state index in [1.165, 1.54) is 49.9 Å². The van der Waals surface area contributed by atoms with Crippen molar-refractivity contribution < 1.29 is 82.8 Å². The minimum Gasteiger partial charge on any atom is -0.508 e. The smallest absolute Gasteiger partial charge is 0.243 e. The maximum atomic E-state index is 14.7. The lowest BCUT2D eigenvalue weighted by Gasteiger charge is -2.37. The molecule has 2 unspecified atom stereocenters. The van der Waals surface area contributed by atoms with E-state index in [2.05, 4.69) is 26.6 Å². The molecule has 0 saturated carbocycles. The number of amides is 6. The third-order valence-electron chi connectivity index (χ3n) is 24.4. The molecule has 2 heterocycles. The summed E-state index contributed by atoms with van der Waals surface area (Å²) >= 11 is 12.1. The zero-order valence-electron chi connectivity index (χ0n) is 72.6. The van der Waals surface area contributed by atoms with Crippen molar-refractivity contribution in [3.63, 3.8) is 0 Å². The van der Waals surface area contributed by atoms with E-state index < -0.39 is 137 Å². The first-order chi connectivity index (χ1) is 59.5. The van der Waals surface area contributed by atoms with Crippen LogP contribution in [0.4, 0.5) is 0 Å². The Morgan fingerprint density at radius 1 is 0.512 bits per heavy atom. The van der Waals surface area contributed by atoms with Gasteiger partial charge in [0.1, 0.15) is 29.4 Å². The molecule has 668 valence electrons. The summed E-state index contributed by atoms with van der Waals surface area (Å²) in [4.78, 5) is 181. The van der Waals surface area contributed by atoms with Crippen LogP contribution in [0.3, 0.4) is 0 Å². The summed E-state index contributed by atoms with van der Waals surface area (Å²) in [5, 5.41) is 60.0. The molecule has 28 heteroatoms. The van der Waals surface area contributed by atoms with Gasteiger partial charge in [0.25, 0.3) is 0 Å². The second kappa shape index (κ2) is 46.0. The average molecular weight is 1750 g/mol. The number of nitrogens with zero attached hydrogens (tertiary/aromatic N) is 2. The Balaban J connectivity index is 0.000000284. The van der Waals surface area contributed by atoms with Crippen LogP contribution in [0.1, 0.15) is 178 Å². The molecule has 8 bridgehead atoms. The quantitative estimate of drug-likeness (QED) is 0.0165. The Hall–Kier alpha value is -10.7. The molecule has 26 nitrogen and oxygen atoms in total. The van der Waals surface area contributed by atoms with Crippen molar-refractivity contribution >= 4 is 99.1 Å². The zero-order chi connectivity index (χ0) is 91.2. The first-order valence-electron chi connectivity index (χ1n) is 43.2. The molecule has 0 saturated heterocycles. The van der Waals surface area contributed by atoms with E-state index in [-0.39, 0.29) is 118 Å². The predicted octanol–water partition coefficient (Wildman–Crippen LogP) is 11.4. The van der Waals surface area contributed by atoms with E-state index in [0.29, 0.717) is 106 Å². The standard InChI is InChI=1S/C50H62ClN5O9.C47H57ClN4O8/c1-28-22-45(61)47(56(5)50(65)37(8-6-7-21-52)26-44(60)35-12-10-33(11-13-35)34-14-17-38(51)18-15-34)36-16-20-43(59)40(25-36)39-23-32(9-19-42(39)58)24-41(55-48(28)63)49(64)54-30(3)46(62)27-53-29(2)31(4)57;1-5-39(53)28(3)50-46(59)38-24-29-9-19-40(54)36(23-29)37-25-33(16-20-41(37)55)44(43(57)22-27(2)45(58)51-38)52(4)47(60)34(8-6-7-21-49)26-42(56)32-12-10-30(11-13-32)31-14-17-35(48)18-15-31/h9-18,20,23,28-30,36-37,41-42,47,53,58-59H,6-8,19,21-22,24-27,52H2,1-5H3,(H,54,64)(H,55,63);9-18,20,23,27-28,33-34,38,40,44,54-55H,5-8,19,21-22,24-26,49H2,1-4H3,(H,50,59)(H,51,58)/t28-,29+,30+,36+,37-,41+,42?,47+;27-,28+,33+,34-,38+,40?,44+/m11/s1. The number of carbonyl (C=O) groups excluding carboxylic acids is 13. The van der Waals surface area contributed by atoms with Crippen molar-refractivity contribution in [2.75, 3.05) is 33.7 Å². The SMILES string of the molecule is CC(=O)[C@H](C)NCC(=O)[C@H](C)NC(=O)[C@@H]1CC2=CCC(O)C(=C2)C2=C(O)C=C[C@@H](C2)[C@H](N(C)C(=O)[C@H](CCCCN)CC(=O)c2ccc(-c3ccc(Cl)cc3)cc2)C(=O)C[C@@H](C)C(=O)N1.CCC(=O)[C@H](C)NC(=O)[C@@H]1CC2=CCC(O)C(=C2)C2=C(O)C=C[C@@H](C2)[C@H](N(C)C(=O)[C@H](CCCCN)CC(=O)c2ccc(-c3ccc(Cl)cc3)cc2)C(=O)C[C@@H](C)C(=O)N1. The number of benzene rings is 4. The number of likely N-dealkylation sites (N-methyl/N-ethyl adjacent to an activating group) is 2. The number of nitrogens with one attached hydrogen (secondary N) is 5. The van der Waals surface area contributed by atoms with Crippen molar-refractivity contribution in [1.29, 1.82) is 0 Å². The van der Waals surface area contributed by atoms with Crippen LogP contribution >= 0.6 is 23.2 Å². The number of fused-ring (bicyclic) bond motifs is 8. The van der Waals surface area contributed by atoms with Crippen molar-refractivity contribution in [3.8, 4) is 22.3 Å². The Morgan fingerprint density at radius 2 is 0.872 bits per heavy atom. The molecule has 125 heavy (non-hydrogen) atoms. The lowest BCUT2D eigenvalue weighted by Crippen LogP contribution is -2.54. The molecule has 0 spiro atoms. The number of allylic oxidation sites excluding steroid dienone is 4. The van der Waals surface area contributed by atoms with Crippen LogP contribution in [0.2, 0.25) is 10.0 Å². The predicted molar refractivity (Wildman–Crippen MR) is 479 cm³/mol. The summed E-state index contributed by atoms with van der Waals surface area (Å²) < 4.78 is 0. The van der Waals surface area contributed by atoms with E-state index in [9.17, 15) is 82.8 Å². The van der Waals surface area contributed by atoms with Gasteiger partial charge in [0.05, 0.1) is 49.0 Å². The number of unbranched alkanes of at least 4 members (excludes halogenated alkanes) is 2. The van der Waals surface area contributed by atoms with Gasteiger partial charge in [-0.05, 0) is 173 Å². The number of halogens is 2. The monoisotopic (exact) mass is 1750 g/mol. The van der Waals surface area contributed by atoms with Gasteiger partial charge in [-0.3, -0.25) is 62.3 Å². The van der Waals surface area contributed by atoms with Crippen molar-refractivity contribution in [3.05, 3.63) is 212 Å². The average Bonchev–Trinajstić information content (AvgIpc) is 0.786. The number of hydrogen-bond acceptors (Lipinski definition) is 20. The van der Waals surface area contributed by atoms with Crippen LogP contribution in [-0.2, 0) is 52.7 Å². The Labute approximate surface area is 741 Å². The van der Waals surface area contributed by atoms with Gasteiger partial charge in [-0.25, -0.2) is 0 Å². The number of hydrogen-bond donors (Lipinski definition) is 11. The highest BCUT2D eigenvalue weighted by Crippen LogP contribution is 2.41. The Kier molecular flexibility index (Phi) is 36.1. The summed E-state index contributed by atoms with van der Waals surface area (Å²) in [5.74, 6) is -10.4. The normalized spacial score (nSPS) is 22.8. The fourth-order valence-electron chi connectivity index (χ4n) is 16.7. The van der Waals surface area contributed by atoms with Gasteiger partial charge in [0.2, 0.25) is 35.4 Å². The molecular formula is C97H119Cl2N9O17. The largest absolute Gasteiger partial charge is 0.508 e. The molecule has 10 rings (SSSR count). The number of ketones is 7. The minimum absolute atomic E-state index is 0.0288. The lowest BCUT2D eigenvalue weighted by atomic mass is 9.77. The highest BCUT2D eigenvalue weighted by Gasteiger charge is 2.44. The number of nitrogens with two attached hydrogens (primary N) is 2.